The molecule has 10 heterocycles. The van der Waals surface area contributed by atoms with Gasteiger partial charge in [0.25, 0.3) is 17.7 Å². The number of rotatable bonds is 8. The second-order valence-electron chi connectivity index (χ2n) is 19.0. The van der Waals surface area contributed by atoms with Gasteiger partial charge in [-0.25, -0.2) is 19.9 Å². The van der Waals surface area contributed by atoms with Crippen molar-refractivity contribution >= 4 is 69.7 Å². The number of aryl methyl sites for hydroxylation is 1. The summed E-state index contributed by atoms with van der Waals surface area (Å²) in [5.41, 5.74) is 6.70. The Morgan fingerprint density at radius 3 is 2.48 bits per heavy atom. The summed E-state index contributed by atoms with van der Waals surface area (Å²) in [6, 6.07) is 10.7. The Morgan fingerprint density at radius 2 is 1.67 bits per heavy atom. The Kier molecular flexibility index (Phi) is 10.9. The van der Waals surface area contributed by atoms with Gasteiger partial charge in [0, 0.05) is 79.5 Å². The maximum Gasteiger partial charge on any atom is 0.269 e. The van der Waals surface area contributed by atoms with E-state index in [1.165, 1.54) is 28.8 Å². The van der Waals surface area contributed by atoms with Gasteiger partial charge in [0.2, 0.25) is 11.8 Å². The monoisotopic (exact) mass is 949 g/mol. The third-order valence-electron chi connectivity index (χ3n) is 15.2. The lowest BCUT2D eigenvalue weighted by atomic mass is 9.92. The quantitative estimate of drug-likeness (QED) is 0.181. The molecular weight excluding hydrogens is 899 g/mol. The highest BCUT2D eigenvalue weighted by atomic mass is 32.1. The third kappa shape index (κ3) is 7.48. The molecule has 0 saturated carbocycles. The first-order valence-electron chi connectivity index (χ1n) is 24.0. The fourth-order valence-corrected chi connectivity index (χ4v) is 13.1. The number of hydrogen-bond acceptors (Lipinski definition) is 16. The number of aliphatic hydroxyl groups excluding tert-OH is 1. The maximum atomic E-state index is 13.9. The van der Waals surface area contributed by atoms with Crippen LogP contribution in [0.2, 0.25) is 0 Å². The Labute approximate surface area is 401 Å². The number of pyridine rings is 2. The van der Waals surface area contributed by atoms with E-state index >= 15 is 0 Å². The predicted octanol–water partition coefficient (Wildman–Crippen LogP) is 4.65. The number of nitrogens with one attached hydrogen (secondary N) is 2. The Hall–Kier alpha value is -6.83. The number of amides is 5. The van der Waals surface area contributed by atoms with Gasteiger partial charge in [-0.05, 0) is 99.7 Å². The molecular formula is C50H51N11O7S. The molecule has 3 saturated heterocycles. The molecule has 0 spiro atoms. The number of ether oxygens (including phenoxy) is 1. The molecule has 354 valence electrons. The highest BCUT2D eigenvalue weighted by Crippen LogP contribution is 2.44. The van der Waals surface area contributed by atoms with Gasteiger partial charge < -0.3 is 25.0 Å². The molecule has 5 amide bonds. The van der Waals surface area contributed by atoms with Crippen molar-refractivity contribution in [3.8, 4) is 17.0 Å². The van der Waals surface area contributed by atoms with Gasteiger partial charge in [-0.1, -0.05) is 0 Å². The SMILES string of the molecule is C[C@H]1CN(C2CCN3c4cc5c(cc4OCC3C2)C(=O)N(C2CCC(=O)NC2=O)C5=O)CCN1c1ccc(Nc2cc(-c3ccnc(N4CCc5c(sc6c5CCCC6)C4=O)c3CO)ncn2)nc1. The third-order valence-corrected chi connectivity index (χ3v) is 16.5. The fraction of sp³-hybridized carbons (Fsp3) is 0.420. The van der Waals surface area contributed by atoms with Crippen molar-refractivity contribution in [2.75, 3.05) is 59.3 Å². The van der Waals surface area contributed by atoms with Gasteiger partial charge in [0.1, 0.15) is 42.2 Å². The summed E-state index contributed by atoms with van der Waals surface area (Å²) in [5, 5.41) is 16.3. The van der Waals surface area contributed by atoms with Crippen molar-refractivity contribution in [3.63, 3.8) is 0 Å². The van der Waals surface area contributed by atoms with Crippen molar-refractivity contribution < 1.29 is 33.8 Å². The van der Waals surface area contributed by atoms with Crippen LogP contribution < -0.4 is 30.1 Å². The lowest BCUT2D eigenvalue weighted by Crippen LogP contribution is -2.59. The van der Waals surface area contributed by atoms with Gasteiger partial charge in [0.15, 0.2) is 0 Å². The molecule has 69 heavy (non-hydrogen) atoms. The minimum Gasteiger partial charge on any atom is -0.489 e. The summed E-state index contributed by atoms with van der Waals surface area (Å²) in [6.07, 6.45) is 12.2. The molecule has 1 aliphatic carbocycles. The van der Waals surface area contributed by atoms with Crippen LogP contribution in [0.1, 0.15) is 97.4 Å². The molecule has 3 unspecified atom stereocenters. The molecule has 5 aromatic rings. The number of nitrogens with zero attached hydrogens (tertiary/aromatic N) is 9. The lowest BCUT2D eigenvalue weighted by molar-refractivity contribution is -0.136. The molecule has 3 fully saturated rings. The normalized spacial score (nSPS) is 23.5. The summed E-state index contributed by atoms with van der Waals surface area (Å²) >= 11 is 1.63. The zero-order valence-corrected chi connectivity index (χ0v) is 39.0. The standard InChI is InChI=1S/C50H51N11O7S/c1-27-23-57(28-11-14-59-30(18-28)25-68-40-20-35-34(19-39(40)59)48(65)61(49(35)66)38-7-9-44(63)56-47(38)64)16-17-58(27)29-6-8-42(52-22-29)55-43-21-37(53-26-54-43)31-10-13-51-46(36(31)24-62)60-15-12-33-32-4-2-3-5-41(32)69-45(33)50(60)67/h6,8,10,13,19-22,26-28,30,38,62H,2-5,7,9,11-12,14-18,23-25H2,1H3,(H,56,63,64)(H,52,53,54,55)/t27-,28?,30?,38?/m0/s1. The predicted molar refractivity (Wildman–Crippen MR) is 256 cm³/mol. The van der Waals surface area contributed by atoms with Crippen LogP contribution in [-0.2, 0) is 35.5 Å². The summed E-state index contributed by atoms with van der Waals surface area (Å²) in [5.74, 6) is 0.0321. The molecule has 18 nitrogen and oxygen atoms in total. The first-order valence-corrected chi connectivity index (χ1v) is 24.8. The Bertz CT molecular complexity index is 2960. The second kappa shape index (κ2) is 17.3. The number of fused-ring (bicyclic) bond motifs is 7. The fourth-order valence-electron chi connectivity index (χ4n) is 11.7. The number of piperazine rings is 1. The minimum atomic E-state index is -1.02. The Morgan fingerprint density at radius 1 is 0.812 bits per heavy atom. The van der Waals surface area contributed by atoms with Crippen molar-refractivity contribution in [3.05, 3.63) is 92.7 Å². The molecule has 4 atom stereocenters. The summed E-state index contributed by atoms with van der Waals surface area (Å²) in [7, 11) is 0. The van der Waals surface area contributed by atoms with Crippen LogP contribution in [0.25, 0.3) is 11.3 Å². The summed E-state index contributed by atoms with van der Waals surface area (Å²) in [6.45, 7) is 6.28. The lowest BCUT2D eigenvalue weighted by Gasteiger charge is -2.50. The zero-order chi connectivity index (χ0) is 47.1. The van der Waals surface area contributed by atoms with E-state index in [1.807, 2.05) is 24.4 Å². The van der Waals surface area contributed by atoms with E-state index in [4.69, 9.17) is 9.72 Å². The summed E-state index contributed by atoms with van der Waals surface area (Å²) in [4.78, 5) is 95.9. The van der Waals surface area contributed by atoms with Crippen LogP contribution in [0, 0.1) is 0 Å². The largest absolute Gasteiger partial charge is 0.489 e. The number of benzene rings is 1. The molecule has 19 heteroatoms. The van der Waals surface area contributed by atoms with Crippen molar-refractivity contribution in [2.45, 2.75) is 95.5 Å². The zero-order valence-electron chi connectivity index (χ0n) is 38.1. The number of carbonyl (C=O) groups is 5. The molecule has 7 aliphatic rings. The molecule has 0 bridgehead atoms. The molecule has 0 radical (unpaired) electrons. The van der Waals surface area contributed by atoms with E-state index in [1.54, 1.807) is 34.6 Å². The highest BCUT2D eigenvalue weighted by Gasteiger charge is 2.47. The smallest absolute Gasteiger partial charge is 0.269 e. The van der Waals surface area contributed by atoms with Crippen LogP contribution >= 0.6 is 11.3 Å². The van der Waals surface area contributed by atoms with Gasteiger partial charge in [0.05, 0.1) is 51.9 Å². The van der Waals surface area contributed by atoms with E-state index in [0.717, 1.165) is 85.9 Å². The number of aliphatic hydroxyl groups is 1. The number of anilines is 5. The van der Waals surface area contributed by atoms with Crippen LogP contribution in [0.15, 0.2) is 55.1 Å². The number of carbonyl (C=O) groups excluding carboxylic acids is 5. The number of hydrogen-bond donors (Lipinski definition) is 3. The second-order valence-corrected chi connectivity index (χ2v) is 20.2. The minimum absolute atomic E-state index is 0.0515. The van der Waals surface area contributed by atoms with E-state index in [-0.39, 0.29) is 48.6 Å². The van der Waals surface area contributed by atoms with E-state index in [0.29, 0.717) is 59.2 Å². The maximum absolute atomic E-state index is 13.9. The van der Waals surface area contributed by atoms with Gasteiger partial charge in [-0.2, -0.15) is 0 Å². The Balaban J connectivity index is 0.676. The first-order chi connectivity index (χ1) is 33.6. The van der Waals surface area contributed by atoms with Crippen molar-refractivity contribution in [1.29, 1.82) is 0 Å². The van der Waals surface area contributed by atoms with E-state index in [2.05, 4.69) is 53.3 Å². The number of imide groups is 2. The van der Waals surface area contributed by atoms with E-state index < -0.39 is 29.7 Å². The van der Waals surface area contributed by atoms with Crippen LogP contribution in [-0.4, -0.2) is 128 Å². The molecule has 12 rings (SSSR count). The van der Waals surface area contributed by atoms with Crippen molar-refractivity contribution in [2.24, 2.45) is 0 Å². The molecule has 4 aromatic heterocycles. The summed E-state index contributed by atoms with van der Waals surface area (Å²) < 4.78 is 6.26. The van der Waals surface area contributed by atoms with Crippen LogP contribution in [0.4, 0.5) is 28.8 Å². The van der Waals surface area contributed by atoms with Gasteiger partial charge in [-0.3, -0.25) is 44.0 Å². The average molecular weight is 950 g/mol. The van der Waals surface area contributed by atoms with Crippen molar-refractivity contribution in [1.82, 2.24) is 35.1 Å². The number of aromatic nitrogens is 4. The highest BCUT2D eigenvalue weighted by molar-refractivity contribution is 7.14. The molecule has 1 aromatic carbocycles. The molecule has 3 N–H and O–H groups in total. The molecule has 6 aliphatic heterocycles. The van der Waals surface area contributed by atoms with Crippen LogP contribution in [0.3, 0.4) is 0 Å². The first kappa shape index (κ1) is 43.5. The van der Waals surface area contributed by atoms with Crippen LogP contribution in [0.5, 0.6) is 5.75 Å². The topological polar surface area (TPSA) is 207 Å². The average Bonchev–Trinajstić information content (AvgIpc) is 3.87. The number of piperidine rings is 2. The van der Waals surface area contributed by atoms with E-state index in [9.17, 15) is 29.1 Å². The van der Waals surface area contributed by atoms with Gasteiger partial charge in [-0.15, -0.1) is 11.3 Å². The van der Waals surface area contributed by atoms with Gasteiger partial charge >= 0.3 is 0 Å². The number of thiophene rings is 1.